The summed E-state index contributed by atoms with van der Waals surface area (Å²) >= 11 is 0. The van der Waals surface area contributed by atoms with E-state index in [0.29, 0.717) is 11.5 Å². The summed E-state index contributed by atoms with van der Waals surface area (Å²) in [5.41, 5.74) is 1.43. The number of benzene rings is 1. The van der Waals surface area contributed by atoms with Crippen molar-refractivity contribution in [2.24, 2.45) is 0 Å². The van der Waals surface area contributed by atoms with E-state index in [1.54, 1.807) is 18.3 Å². The third-order valence-electron chi connectivity index (χ3n) is 4.53. The Bertz CT molecular complexity index is 989. The quantitative estimate of drug-likeness (QED) is 0.643. The number of nitrogens with zero attached hydrogens (tertiary/aromatic N) is 3. The summed E-state index contributed by atoms with van der Waals surface area (Å²) in [5, 5.41) is 12.8. The van der Waals surface area contributed by atoms with Crippen molar-refractivity contribution in [3.8, 4) is 11.3 Å². The maximum atomic E-state index is 12.7. The predicted octanol–water partition coefficient (Wildman–Crippen LogP) is 3.41. The van der Waals surface area contributed by atoms with Crippen LogP contribution in [0, 0.1) is 6.57 Å². The zero-order chi connectivity index (χ0) is 20.1. The van der Waals surface area contributed by atoms with E-state index in [1.807, 2.05) is 38.1 Å². The highest BCUT2D eigenvalue weighted by atomic mass is 16.4. The van der Waals surface area contributed by atoms with Gasteiger partial charge in [-0.2, -0.15) is 0 Å². The molecule has 0 radical (unpaired) electrons. The van der Waals surface area contributed by atoms with Gasteiger partial charge in [-0.05, 0) is 31.5 Å². The van der Waals surface area contributed by atoms with Crippen LogP contribution in [-0.2, 0) is 10.2 Å². The van der Waals surface area contributed by atoms with Crippen LogP contribution in [0.1, 0.15) is 31.3 Å². The maximum Gasteiger partial charge on any atom is 0.288 e. The topological polar surface area (TPSA) is 92.6 Å². The molecule has 0 aliphatic rings. The molecule has 3 rings (SSSR count). The first-order valence-electron chi connectivity index (χ1n) is 8.72. The summed E-state index contributed by atoms with van der Waals surface area (Å²) in [7, 11) is 0. The summed E-state index contributed by atoms with van der Waals surface area (Å²) in [5.74, 6) is 0.433. The van der Waals surface area contributed by atoms with Crippen molar-refractivity contribution in [1.82, 2.24) is 15.3 Å². The van der Waals surface area contributed by atoms with Gasteiger partial charge in [0.15, 0.2) is 5.69 Å². The van der Waals surface area contributed by atoms with E-state index in [-0.39, 0.29) is 18.3 Å². The Balaban J connectivity index is 1.70. The molecule has 0 bridgehead atoms. The smallest absolute Gasteiger partial charge is 0.288 e. The molecule has 1 atom stereocenters. The minimum Gasteiger partial charge on any atom is -0.467 e. The van der Waals surface area contributed by atoms with Crippen molar-refractivity contribution in [3.05, 3.63) is 77.8 Å². The van der Waals surface area contributed by atoms with Gasteiger partial charge < -0.3 is 19.7 Å². The van der Waals surface area contributed by atoms with Crippen LogP contribution in [0.4, 0.5) is 5.82 Å². The molecule has 0 aliphatic heterocycles. The third-order valence-corrected chi connectivity index (χ3v) is 4.53. The lowest BCUT2D eigenvalue weighted by Crippen LogP contribution is -2.41. The van der Waals surface area contributed by atoms with E-state index >= 15 is 0 Å². The van der Waals surface area contributed by atoms with Gasteiger partial charge in [-0.25, -0.2) is 0 Å². The molecule has 0 saturated carbocycles. The van der Waals surface area contributed by atoms with Crippen LogP contribution in [0.25, 0.3) is 16.1 Å². The summed E-state index contributed by atoms with van der Waals surface area (Å²) in [6.45, 7) is 10.7. The number of hydrogen-bond donors (Lipinski definition) is 2. The highest BCUT2D eigenvalue weighted by Gasteiger charge is 2.30. The van der Waals surface area contributed by atoms with Crippen LogP contribution in [0.15, 0.2) is 59.5 Å². The fourth-order valence-corrected chi connectivity index (χ4v) is 2.73. The molecule has 0 aliphatic carbocycles. The number of nitrogens with one attached hydrogen (secondary N) is 1. The Kier molecular flexibility index (Phi) is 5.52. The van der Waals surface area contributed by atoms with Crippen molar-refractivity contribution in [2.45, 2.75) is 25.4 Å². The first-order chi connectivity index (χ1) is 13.4. The molecule has 142 valence electrons. The molecule has 7 heteroatoms. The van der Waals surface area contributed by atoms with Crippen molar-refractivity contribution in [3.63, 3.8) is 0 Å². The number of aromatic nitrogens is 2. The molecule has 1 unspecified atom stereocenters. The molecule has 2 aromatic heterocycles. The van der Waals surface area contributed by atoms with Gasteiger partial charge in [0, 0.05) is 5.56 Å². The van der Waals surface area contributed by atoms with Gasteiger partial charge in [0.05, 0.1) is 30.6 Å². The molecule has 7 nitrogen and oxygen atoms in total. The molecule has 1 aromatic carbocycles. The van der Waals surface area contributed by atoms with Gasteiger partial charge in [0.2, 0.25) is 5.91 Å². The molecule has 0 fully saturated rings. The first-order valence-corrected chi connectivity index (χ1v) is 8.72. The molecule has 0 spiro atoms. The largest absolute Gasteiger partial charge is 0.467 e. The lowest BCUT2D eigenvalue weighted by atomic mass is 9.83. The average Bonchev–Trinajstić information content (AvgIpc) is 3.27. The van der Waals surface area contributed by atoms with Gasteiger partial charge in [-0.15, -0.1) is 4.98 Å². The standard InChI is InChI=1S/C21H20N4O3/c1-21(2,20(27)24-12-17(26)18-5-4-10-28-18)15-8-6-14(7-9-15)16-11-23-13-19(22-3)25-16/h4-11,13,17,26H,12H2,1-2H3,(H,24,27). The predicted molar refractivity (Wildman–Crippen MR) is 103 cm³/mol. The fourth-order valence-electron chi connectivity index (χ4n) is 2.73. The number of aliphatic hydroxyl groups is 1. The highest BCUT2D eigenvalue weighted by molar-refractivity contribution is 5.87. The van der Waals surface area contributed by atoms with Crippen LogP contribution in [0.3, 0.4) is 0 Å². The van der Waals surface area contributed by atoms with Gasteiger partial charge >= 0.3 is 0 Å². The Morgan fingerprint density at radius 2 is 2.04 bits per heavy atom. The molecule has 0 saturated heterocycles. The maximum absolute atomic E-state index is 12.7. The molecular weight excluding hydrogens is 356 g/mol. The zero-order valence-corrected chi connectivity index (χ0v) is 15.6. The van der Waals surface area contributed by atoms with Crippen LogP contribution < -0.4 is 5.32 Å². The number of carbonyl (C=O) groups is 1. The number of hydrogen-bond acceptors (Lipinski definition) is 5. The van der Waals surface area contributed by atoms with E-state index in [0.717, 1.165) is 11.1 Å². The molecule has 2 heterocycles. The molecular formula is C21H20N4O3. The lowest BCUT2D eigenvalue weighted by molar-refractivity contribution is -0.126. The zero-order valence-electron chi connectivity index (χ0n) is 15.6. The van der Waals surface area contributed by atoms with Crippen molar-refractivity contribution in [2.75, 3.05) is 6.54 Å². The monoisotopic (exact) mass is 376 g/mol. The van der Waals surface area contributed by atoms with Crippen molar-refractivity contribution >= 4 is 11.7 Å². The second-order valence-corrected chi connectivity index (χ2v) is 6.82. The SMILES string of the molecule is [C-]#[N+]c1cncc(-c2ccc(C(C)(C)C(=O)NCC(O)c3ccco3)cc2)n1. The molecule has 28 heavy (non-hydrogen) atoms. The van der Waals surface area contributed by atoms with Crippen LogP contribution in [0.2, 0.25) is 0 Å². The van der Waals surface area contributed by atoms with E-state index in [4.69, 9.17) is 11.0 Å². The molecule has 3 aromatic rings. The summed E-state index contributed by atoms with van der Waals surface area (Å²) in [6, 6.07) is 10.7. The summed E-state index contributed by atoms with van der Waals surface area (Å²) < 4.78 is 5.14. The lowest BCUT2D eigenvalue weighted by Gasteiger charge is -2.25. The van der Waals surface area contributed by atoms with Gasteiger partial charge in [-0.1, -0.05) is 30.8 Å². The Hall–Kier alpha value is -3.50. The van der Waals surface area contributed by atoms with Gasteiger partial charge in [-0.3, -0.25) is 9.78 Å². The Morgan fingerprint density at radius 3 is 2.68 bits per heavy atom. The van der Waals surface area contributed by atoms with Crippen molar-refractivity contribution < 1.29 is 14.3 Å². The minimum atomic E-state index is -0.898. The molecule has 2 N–H and O–H groups in total. The van der Waals surface area contributed by atoms with E-state index in [1.165, 1.54) is 12.5 Å². The second-order valence-electron chi connectivity index (χ2n) is 6.82. The van der Waals surface area contributed by atoms with Crippen LogP contribution >= 0.6 is 0 Å². The normalized spacial score (nSPS) is 12.2. The summed E-state index contributed by atoms with van der Waals surface area (Å²) in [4.78, 5) is 24.2. The van der Waals surface area contributed by atoms with Crippen LogP contribution in [-0.4, -0.2) is 27.5 Å². The second kappa shape index (κ2) is 8.03. The van der Waals surface area contributed by atoms with E-state index in [2.05, 4.69) is 20.1 Å². The van der Waals surface area contributed by atoms with Crippen molar-refractivity contribution in [1.29, 1.82) is 0 Å². The fraction of sp³-hybridized carbons (Fsp3) is 0.238. The number of furan rings is 1. The number of carbonyl (C=O) groups excluding carboxylic acids is 1. The number of aliphatic hydroxyl groups excluding tert-OH is 1. The number of rotatable bonds is 6. The first kappa shape index (κ1) is 19.3. The van der Waals surface area contributed by atoms with Gasteiger partial charge in [0.1, 0.15) is 11.9 Å². The van der Waals surface area contributed by atoms with Crippen LogP contribution in [0.5, 0.6) is 0 Å². The average molecular weight is 376 g/mol. The third kappa shape index (κ3) is 4.08. The highest BCUT2D eigenvalue weighted by Crippen LogP contribution is 2.27. The van der Waals surface area contributed by atoms with E-state index in [9.17, 15) is 9.90 Å². The van der Waals surface area contributed by atoms with Gasteiger partial charge in [0.25, 0.3) is 5.82 Å². The summed E-state index contributed by atoms with van der Waals surface area (Å²) in [6.07, 6.45) is 3.59. The Morgan fingerprint density at radius 1 is 1.29 bits per heavy atom. The Labute approximate surface area is 162 Å². The minimum absolute atomic E-state index is 0.0624. The molecule has 1 amide bonds. The van der Waals surface area contributed by atoms with E-state index < -0.39 is 11.5 Å². The number of amides is 1.